The maximum absolute atomic E-state index is 11.7. The van der Waals surface area contributed by atoms with E-state index in [4.69, 9.17) is 4.74 Å². The second-order valence-corrected chi connectivity index (χ2v) is 4.70. The van der Waals surface area contributed by atoms with Crippen LogP contribution in [0.25, 0.3) is 0 Å². The molecular weight excluding hydrogens is 190 g/mol. The summed E-state index contributed by atoms with van der Waals surface area (Å²) in [5, 5.41) is 3.19. The van der Waals surface area contributed by atoms with Crippen molar-refractivity contribution in [2.24, 2.45) is 0 Å². The summed E-state index contributed by atoms with van der Waals surface area (Å²) in [5.41, 5.74) is 0. The van der Waals surface area contributed by atoms with Crippen molar-refractivity contribution in [3.8, 4) is 0 Å². The fourth-order valence-corrected chi connectivity index (χ4v) is 2.49. The lowest BCUT2D eigenvalue weighted by Crippen LogP contribution is -2.34. The molecule has 2 aliphatic rings. The Morgan fingerprint density at radius 2 is 1.73 bits per heavy atom. The summed E-state index contributed by atoms with van der Waals surface area (Å²) in [6, 6.07) is -0.0201. The lowest BCUT2D eigenvalue weighted by Gasteiger charge is -2.18. The van der Waals surface area contributed by atoms with Crippen molar-refractivity contribution >= 4 is 5.97 Å². The zero-order chi connectivity index (χ0) is 10.5. The first-order chi connectivity index (χ1) is 7.36. The Morgan fingerprint density at radius 3 is 2.33 bits per heavy atom. The molecule has 0 amide bonds. The molecule has 2 rings (SSSR count). The normalized spacial score (nSPS) is 28.7. The molecule has 2 fully saturated rings. The molecule has 0 aromatic carbocycles. The molecule has 0 spiro atoms. The van der Waals surface area contributed by atoms with Crippen molar-refractivity contribution in [2.45, 2.75) is 63.5 Å². The number of carbonyl (C=O) groups is 1. The molecule has 0 bridgehead atoms. The van der Waals surface area contributed by atoms with Gasteiger partial charge < -0.3 is 10.1 Å². The van der Waals surface area contributed by atoms with E-state index in [9.17, 15) is 4.79 Å². The van der Waals surface area contributed by atoms with E-state index in [2.05, 4.69) is 5.32 Å². The molecular formula is C12H21NO2. The van der Waals surface area contributed by atoms with Gasteiger partial charge in [-0.25, -0.2) is 0 Å². The quantitative estimate of drug-likeness (QED) is 0.561. The number of esters is 1. The number of ether oxygens (including phenoxy) is 1. The SMILES string of the molecule is O=C(OC1CCCCCC1)C1CCCN1. The number of nitrogens with one attached hydrogen (secondary N) is 1. The summed E-state index contributed by atoms with van der Waals surface area (Å²) >= 11 is 0. The lowest BCUT2D eigenvalue weighted by atomic mass is 10.1. The Kier molecular flexibility index (Phi) is 4.01. The topological polar surface area (TPSA) is 38.3 Å². The van der Waals surface area contributed by atoms with Crippen LogP contribution in [-0.4, -0.2) is 24.7 Å². The average Bonchev–Trinajstić information content (AvgIpc) is 2.65. The van der Waals surface area contributed by atoms with Crippen molar-refractivity contribution in [3.63, 3.8) is 0 Å². The van der Waals surface area contributed by atoms with Crippen molar-refractivity contribution in [2.75, 3.05) is 6.54 Å². The van der Waals surface area contributed by atoms with Crippen LogP contribution in [0.5, 0.6) is 0 Å². The first-order valence-electron chi connectivity index (χ1n) is 6.30. The first-order valence-corrected chi connectivity index (χ1v) is 6.30. The van der Waals surface area contributed by atoms with E-state index in [-0.39, 0.29) is 18.1 Å². The minimum absolute atomic E-state index is 0.0144. The smallest absolute Gasteiger partial charge is 0.323 e. The van der Waals surface area contributed by atoms with Gasteiger partial charge in [-0.1, -0.05) is 12.8 Å². The van der Waals surface area contributed by atoms with Gasteiger partial charge in [0.15, 0.2) is 0 Å². The van der Waals surface area contributed by atoms with Gasteiger partial charge in [0.1, 0.15) is 12.1 Å². The van der Waals surface area contributed by atoms with Gasteiger partial charge in [0, 0.05) is 0 Å². The van der Waals surface area contributed by atoms with Gasteiger partial charge in [0.25, 0.3) is 0 Å². The van der Waals surface area contributed by atoms with Crippen LogP contribution in [0, 0.1) is 0 Å². The highest BCUT2D eigenvalue weighted by molar-refractivity contribution is 5.76. The Morgan fingerprint density at radius 1 is 1.00 bits per heavy atom. The molecule has 3 nitrogen and oxygen atoms in total. The van der Waals surface area contributed by atoms with Crippen molar-refractivity contribution in [1.29, 1.82) is 0 Å². The first kappa shape index (κ1) is 10.9. The predicted molar refractivity (Wildman–Crippen MR) is 58.6 cm³/mol. The predicted octanol–water partition coefficient (Wildman–Crippen LogP) is 2.00. The van der Waals surface area contributed by atoms with E-state index in [1.54, 1.807) is 0 Å². The van der Waals surface area contributed by atoms with Gasteiger partial charge >= 0.3 is 5.97 Å². The molecule has 15 heavy (non-hydrogen) atoms. The second kappa shape index (κ2) is 5.50. The van der Waals surface area contributed by atoms with Gasteiger partial charge in [-0.05, 0) is 45.1 Å². The summed E-state index contributed by atoms with van der Waals surface area (Å²) in [6.07, 6.45) is 9.42. The van der Waals surface area contributed by atoms with Gasteiger partial charge in [0.2, 0.25) is 0 Å². The summed E-state index contributed by atoms with van der Waals surface area (Å²) in [6.45, 7) is 0.963. The highest BCUT2D eigenvalue weighted by Gasteiger charge is 2.26. The Hall–Kier alpha value is -0.570. The molecule has 1 aliphatic heterocycles. The molecule has 0 aromatic heterocycles. The van der Waals surface area contributed by atoms with E-state index in [1.807, 2.05) is 0 Å². The Labute approximate surface area is 91.6 Å². The minimum atomic E-state index is -0.0201. The average molecular weight is 211 g/mol. The van der Waals surface area contributed by atoms with Gasteiger partial charge in [0.05, 0.1) is 0 Å². The monoisotopic (exact) mass is 211 g/mol. The maximum atomic E-state index is 11.7. The fraction of sp³-hybridized carbons (Fsp3) is 0.917. The molecule has 3 heteroatoms. The highest BCUT2D eigenvalue weighted by atomic mass is 16.5. The van der Waals surface area contributed by atoms with Crippen LogP contribution >= 0.6 is 0 Å². The van der Waals surface area contributed by atoms with Crippen LogP contribution in [0.3, 0.4) is 0 Å². The van der Waals surface area contributed by atoms with Crippen molar-refractivity contribution in [3.05, 3.63) is 0 Å². The van der Waals surface area contributed by atoms with Crippen molar-refractivity contribution in [1.82, 2.24) is 5.32 Å². The Balaban J connectivity index is 1.76. The van der Waals surface area contributed by atoms with Crippen LogP contribution in [-0.2, 0) is 9.53 Å². The molecule has 0 aromatic rings. The third-order valence-electron chi connectivity index (χ3n) is 3.43. The lowest BCUT2D eigenvalue weighted by molar-refractivity contribution is -0.151. The van der Waals surface area contributed by atoms with E-state index >= 15 is 0 Å². The van der Waals surface area contributed by atoms with Crippen LogP contribution in [0.15, 0.2) is 0 Å². The number of rotatable bonds is 2. The molecule has 0 radical (unpaired) electrons. The summed E-state index contributed by atoms with van der Waals surface area (Å²) in [5.74, 6) is -0.0144. The largest absolute Gasteiger partial charge is 0.461 e. The van der Waals surface area contributed by atoms with E-state index in [0.29, 0.717) is 0 Å². The third kappa shape index (κ3) is 3.20. The van der Waals surface area contributed by atoms with E-state index in [1.165, 1.54) is 25.7 Å². The van der Waals surface area contributed by atoms with Crippen LogP contribution < -0.4 is 5.32 Å². The van der Waals surface area contributed by atoms with Gasteiger partial charge in [-0.15, -0.1) is 0 Å². The standard InChI is InChI=1S/C12H21NO2/c14-12(11-8-5-9-13-11)15-10-6-3-1-2-4-7-10/h10-11,13H,1-9H2. The number of carbonyl (C=O) groups excluding carboxylic acids is 1. The van der Waals surface area contributed by atoms with Gasteiger partial charge in [-0.3, -0.25) is 4.79 Å². The van der Waals surface area contributed by atoms with E-state index < -0.39 is 0 Å². The highest BCUT2D eigenvalue weighted by Crippen LogP contribution is 2.21. The number of hydrogen-bond donors (Lipinski definition) is 1. The van der Waals surface area contributed by atoms with Crippen LogP contribution in [0.2, 0.25) is 0 Å². The van der Waals surface area contributed by atoms with Crippen LogP contribution in [0.1, 0.15) is 51.4 Å². The minimum Gasteiger partial charge on any atom is -0.461 e. The van der Waals surface area contributed by atoms with Crippen LogP contribution in [0.4, 0.5) is 0 Å². The zero-order valence-corrected chi connectivity index (χ0v) is 9.34. The van der Waals surface area contributed by atoms with E-state index in [0.717, 1.165) is 32.2 Å². The molecule has 1 heterocycles. The summed E-state index contributed by atoms with van der Waals surface area (Å²) in [7, 11) is 0. The van der Waals surface area contributed by atoms with Gasteiger partial charge in [-0.2, -0.15) is 0 Å². The molecule has 1 unspecified atom stereocenters. The maximum Gasteiger partial charge on any atom is 0.323 e. The molecule has 1 aliphatic carbocycles. The zero-order valence-electron chi connectivity index (χ0n) is 9.34. The second-order valence-electron chi connectivity index (χ2n) is 4.70. The fourth-order valence-electron chi connectivity index (χ4n) is 2.49. The molecule has 1 saturated heterocycles. The summed E-state index contributed by atoms with van der Waals surface area (Å²) in [4.78, 5) is 11.7. The molecule has 1 N–H and O–H groups in total. The number of hydrogen-bond acceptors (Lipinski definition) is 3. The molecule has 86 valence electrons. The molecule has 1 saturated carbocycles. The summed E-state index contributed by atoms with van der Waals surface area (Å²) < 4.78 is 5.55. The third-order valence-corrected chi connectivity index (χ3v) is 3.43. The van der Waals surface area contributed by atoms with Crippen molar-refractivity contribution < 1.29 is 9.53 Å². The Bertz CT molecular complexity index is 204. The molecule has 1 atom stereocenters.